The first-order valence-corrected chi connectivity index (χ1v) is 9.09. The second kappa shape index (κ2) is 7.70. The van der Waals surface area contributed by atoms with E-state index in [1.165, 1.54) is 4.90 Å². The summed E-state index contributed by atoms with van der Waals surface area (Å²) in [6.45, 7) is 3.43. The Morgan fingerprint density at radius 2 is 1.80 bits per heavy atom. The Kier molecular flexibility index (Phi) is 5.59. The molecule has 2 aromatic carbocycles. The molecular formula is C18H19Cl2N4S+. The van der Waals surface area contributed by atoms with Crippen LogP contribution in [0.15, 0.2) is 48.5 Å². The third-order valence-electron chi connectivity index (χ3n) is 3.93. The summed E-state index contributed by atoms with van der Waals surface area (Å²) >= 11 is 17.7. The summed E-state index contributed by atoms with van der Waals surface area (Å²) in [6, 6.07) is 15.8. The third-order valence-corrected chi connectivity index (χ3v) is 5.06. The van der Waals surface area contributed by atoms with Crippen LogP contribution in [0.5, 0.6) is 0 Å². The molecule has 3 aromatic rings. The quantitative estimate of drug-likeness (QED) is 0.669. The van der Waals surface area contributed by atoms with Crippen LogP contribution in [-0.4, -0.2) is 21.4 Å². The second-order valence-corrected chi connectivity index (χ2v) is 7.22. The largest absolute Gasteiger partial charge is 0.315 e. The number of para-hydroxylation sites is 1. The van der Waals surface area contributed by atoms with Crippen LogP contribution in [0.4, 0.5) is 0 Å². The molecule has 0 aliphatic heterocycles. The summed E-state index contributed by atoms with van der Waals surface area (Å²) in [5.41, 5.74) is 2.15. The minimum atomic E-state index is 0.572. The molecule has 0 spiro atoms. The zero-order valence-corrected chi connectivity index (χ0v) is 16.4. The normalized spacial score (nSPS) is 12.3. The average Bonchev–Trinajstić information content (AvgIpc) is 2.85. The molecular weight excluding hydrogens is 375 g/mol. The molecule has 1 atom stereocenters. The van der Waals surface area contributed by atoms with Crippen LogP contribution in [-0.2, 0) is 13.2 Å². The van der Waals surface area contributed by atoms with E-state index in [2.05, 4.69) is 12.1 Å². The SMILES string of the molecule is Cc1nn(C[NH+](C)Cc2ccc(Cl)c(Cl)c2)c(=S)n1-c1ccccc1. The van der Waals surface area contributed by atoms with Gasteiger partial charge in [-0.15, -0.1) is 0 Å². The molecule has 0 bridgehead atoms. The van der Waals surface area contributed by atoms with Gasteiger partial charge in [0.2, 0.25) is 4.77 Å². The fourth-order valence-corrected chi connectivity index (χ4v) is 3.47. The lowest BCUT2D eigenvalue weighted by atomic mass is 10.2. The number of rotatable bonds is 5. The molecule has 130 valence electrons. The van der Waals surface area contributed by atoms with Crippen molar-refractivity contribution in [2.45, 2.75) is 20.1 Å². The average molecular weight is 394 g/mol. The number of aromatic nitrogens is 3. The highest BCUT2D eigenvalue weighted by Crippen LogP contribution is 2.22. The van der Waals surface area contributed by atoms with Crippen LogP contribution in [0.2, 0.25) is 10.0 Å². The van der Waals surface area contributed by atoms with Crippen LogP contribution < -0.4 is 4.90 Å². The van der Waals surface area contributed by atoms with Crippen molar-refractivity contribution in [2.24, 2.45) is 0 Å². The maximum Gasteiger partial charge on any atom is 0.207 e. The monoisotopic (exact) mass is 393 g/mol. The zero-order chi connectivity index (χ0) is 18.0. The molecule has 3 rings (SSSR count). The molecule has 0 aliphatic rings. The summed E-state index contributed by atoms with van der Waals surface area (Å²) in [6.07, 6.45) is 0. The summed E-state index contributed by atoms with van der Waals surface area (Å²) < 4.78 is 4.55. The van der Waals surface area contributed by atoms with Gasteiger partial charge in [-0.25, -0.2) is 0 Å². The van der Waals surface area contributed by atoms with Gasteiger partial charge in [0.1, 0.15) is 12.4 Å². The third kappa shape index (κ3) is 4.12. The molecule has 0 aliphatic carbocycles. The van der Waals surface area contributed by atoms with Crippen LogP contribution in [0.3, 0.4) is 0 Å². The van der Waals surface area contributed by atoms with Gasteiger partial charge in [-0.2, -0.15) is 9.78 Å². The number of nitrogens with zero attached hydrogens (tertiary/aromatic N) is 3. The van der Waals surface area contributed by atoms with Gasteiger partial charge in [-0.3, -0.25) is 4.57 Å². The van der Waals surface area contributed by atoms with Crippen molar-refractivity contribution in [3.63, 3.8) is 0 Å². The Morgan fingerprint density at radius 3 is 2.48 bits per heavy atom. The summed E-state index contributed by atoms with van der Waals surface area (Å²) in [7, 11) is 2.10. The van der Waals surface area contributed by atoms with E-state index in [1.54, 1.807) is 0 Å². The summed E-state index contributed by atoms with van der Waals surface area (Å²) in [5.74, 6) is 0.874. The van der Waals surface area contributed by atoms with E-state index >= 15 is 0 Å². The van der Waals surface area contributed by atoms with Gasteiger partial charge in [0, 0.05) is 11.3 Å². The fourth-order valence-electron chi connectivity index (χ4n) is 2.80. The first-order chi connectivity index (χ1) is 12.0. The predicted molar refractivity (Wildman–Crippen MR) is 104 cm³/mol. The van der Waals surface area contributed by atoms with Crippen molar-refractivity contribution in [2.75, 3.05) is 7.05 Å². The van der Waals surface area contributed by atoms with E-state index in [9.17, 15) is 0 Å². The highest BCUT2D eigenvalue weighted by Gasteiger charge is 2.13. The molecule has 0 saturated carbocycles. The van der Waals surface area contributed by atoms with Gasteiger partial charge in [-0.1, -0.05) is 47.5 Å². The number of benzene rings is 2. The number of nitrogens with one attached hydrogen (secondary N) is 1. The Hall–Kier alpha value is -1.66. The van der Waals surface area contributed by atoms with E-state index < -0.39 is 0 Å². The van der Waals surface area contributed by atoms with Crippen LogP contribution in [0.1, 0.15) is 11.4 Å². The van der Waals surface area contributed by atoms with Crippen molar-refractivity contribution in [1.82, 2.24) is 14.3 Å². The Morgan fingerprint density at radius 1 is 1.08 bits per heavy atom. The maximum absolute atomic E-state index is 6.10. The van der Waals surface area contributed by atoms with Crippen molar-refractivity contribution in [3.8, 4) is 5.69 Å². The predicted octanol–water partition coefficient (Wildman–Crippen LogP) is 3.69. The topological polar surface area (TPSA) is 27.2 Å². The Labute approximate surface area is 162 Å². The molecule has 1 aromatic heterocycles. The van der Waals surface area contributed by atoms with E-state index in [-0.39, 0.29) is 0 Å². The second-order valence-electron chi connectivity index (χ2n) is 6.04. The van der Waals surface area contributed by atoms with E-state index in [1.807, 2.05) is 64.7 Å². The molecule has 0 fully saturated rings. The number of halogens is 2. The number of hydrogen-bond acceptors (Lipinski definition) is 2. The molecule has 1 heterocycles. The smallest absolute Gasteiger partial charge is 0.207 e. The lowest BCUT2D eigenvalue weighted by Gasteiger charge is -2.14. The number of hydrogen-bond donors (Lipinski definition) is 1. The highest BCUT2D eigenvalue weighted by molar-refractivity contribution is 7.71. The van der Waals surface area contributed by atoms with Gasteiger partial charge >= 0.3 is 0 Å². The fraction of sp³-hybridized carbons (Fsp3) is 0.222. The van der Waals surface area contributed by atoms with Gasteiger partial charge < -0.3 is 4.90 Å². The highest BCUT2D eigenvalue weighted by atomic mass is 35.5. The molecule has 0 saturated heterocycles. The van der Waals surface area contributed by atoms with E-state index in [4.69, 9.17) is 35.4 Å². The first-order valence-electron chi connectivity index (χ1n) is 7.93. The molecule has 0 amide bonds. The maximum atomic E-state index is 6.10. The molecule has 1 N–H and O–H groups in total. The van der Waals surface area contributed by atoms with Crippen LogP contribution >= 0.6 is 35.4 Å². The van der Waals surface area contributed by atoms with Crippen molar-refractivity contribution < 1.29 is 4.90 Å². The van der Waals surface area contributed by atoms with Crippen LogP contribution in [0.25, 0.3) is 5.69 Å². The first kappa shape index (κ1) is 18.1. The van der Waals surface area contributed by atoms with Crippen molar-refractivity contribution in [3.05, 3.63) is 74.7 Å². The van der Waals surface area contributed by atoms with E-state index in [0.29, 0.717) is 21.5 Å². The van der Waals surface area contributed by atoms with Gasteiger partial charge in [0.15, 0.2) is 6.67 Å². The van der Waals surface area contributed by atoms with Gasteiger partial charge in [-0.05, 0) is 43.4 Å². The summed E-state index contributed by atoms with van der Waals surface area (Å²) in [5, 5.41) is 5.76. The molecule has 25 heavy (non-hydrogen) atoms. The Bertz CT molecular complexity index is 934. The van der Waals surface area contributed by atoms with Gasteiger partial charge in [0.25, 0.3) is 0 Å². The van der Waals surface area contributed by atoms with E-state index in [0.717, 1.165) is 23.6 Å². The van der Waals surface area contributed by atoms with Crippen LogP contribution in [0, 0.1) is 11.7 Å². The number of quaternary nitrogens is 1. The molecule has 0 radical (unpaired) electrons. The molecule has 1 unspecified atom stereocenters. The van der Waals surface area contributed by atoms with Gasteiger partial charge in [0.05, 0.1) is 17.1 Å². The molecule has 4 nitrogen and oxygen atoms in total. The molecule has 7 heteroatoms. The zero-order valence-electron chi connectivity index (χ0n) is 14.0. The minimum Gasteiger partial charge on any atom is -0.315 e. The van der Waals surface area contributed by atoms with Crippen molar-refractivity contribution in [1.29, 1.82) is 0 Å². The standard InChI is InChI=1S/C18H18Cl2N4S/c1-13-21-23(18(25)24(13)15-6-4-3-5-7-15)12-22(2)11-14-8-9-16(19)17(20)10-14/h3-10H,11-12H2,1-2H3/p+1. The van der Waals surface area contributed by atoms with Crippen molar-refractivity contribution >= 4 is 35.4 Å². The minimum absolute atomic E-state index is 0.572. The lowest BCUT2D eigenvalue weighted by molar-refractivity contribution is -0.917. The summed E-state index contributed by atoms with van der Waals surface area (Å²) in [4.78, 5) is 1.24. The number of aryl methyl sites for hydroxylation is 1. The lowest BCUT2D eigenvalue weighted by Crippen LogP contribution is -3.07. The Balaban J connectivity index is 1.79.